The van der Waals surface area contributed by atoms with Crippen LogP contribution in [0.3, 0.4) is 0 Å². The highest BCUT2D eigenvalue weighted by atomic mass is 16.2. The molecule has 1 aliphatic rings. The van der Waals surface area contributed by atoms with Crippen molar-refractivity contribution >= 4 is 17.3 Å². The Morgan fingerprint density at radius 2 is 1.54 bits per heavy atom. The van der Waals surface area contributed by atoms with E-state index in [1.807, 2.05) is 49.5 Å². The fraction of sp³-hybridized carbons (Fsp3) is 0.333. The Bertz CT molecular complexity index is 989. The lowest BCUT2D eigenvalue weighted by Gasteiger charge is -2.33. The maximum absolute atomic E-state index is 13.0. The summed E-state index contributed by atoms with van der Waals surface area (Å²) in [5.74, 6) is 1.17. The number of anilines is 1. The van der Waals surface area contributed by atoms with Crippen molar-refractivity contribution in [2.75, 3.05) is 25.1 Å². The van der Waals surface area contributed by atoms with Crippen LogP contribution in [0.2, 0.25) is 0 Å². The van der Waals surface area contributed by atoms with Crippen molar-refractivity contribution in [2.45, 2.75) is 45.6 Å². The van der Waals surface area contributed by atoms with Gasteiger partial charge in [0.15, 0.2) is 0 Å². The first-order valence-electron chi connectivity index (χ1n) is 11.8. The predicted molar refractivity (Wildman–Crippen MR) is 147 cm³/mol. The first-order valence-corrected chi connectivity index (χ1v) is 11.8. The van der Waals surface area contributed by atoms with Gasteiger partial charge in [0.1, 0.15) is 5.82 Å². The first-order chi connectivity index (χ1) is 16.6. The SMILES string of the molecule is C.C=C(C)c1ccc(N2CCC(NC(=O)CC(c3ccccc3)c3ccccc3)CC2)nc1.CO. The molecule has 0 saturated carbocycles. The summed E-state index contributed by atoms with van der Waals surface area (Å²) in [6, 6.07) is 25.0. The van der Waals surface area contributed by atoms with Gasteiger partial charge in [-0.3, -0.25) is 4.79 Å². The molecule has 186 valence electrons. The molecule has 0 bridgehead atoms. The van der Waals surface area contributed by atoms with E-state index < -0.39 is 0 Å². The molecule has 1 aromatic heterocycles. The van der Waals surface area contributed by atoms with Crippen LogP contribution in [0.5, 0.6) is 0 Å². The van der Waals surface area contributed by atoms with Gasteiger partial charge in [-0.2, -0.15) is 0 Å². The van der Waals surface area contributed by atoms with Crippen molar-refractivity contribution in [3.05, 3.63) is 102 Å². The van der Waals surface area contributed by atoms with Crippen LogP contribution in [-0.2, 0) is 4.79 Å². The van der Waals surface area contributed by atoms with Gasteiger partial charge in [-0.25, -0.2) is 4.98 Å². The molecule has 2 N–H and O–H groups in total. The topological polar surface area (TPSA) is 65.5 Å². The molecular formula is C30H39N3O2. The number of nitrogens with zero attached hydrogens (tertiary/aromatic N) is 2. The van der Waals surface area contributed by atoms with Crippen LogP contribution in [0.25, 0.3) is 5.57 Å². The van der Waals surface area contributed by atoms with E-state index in [4.69, 9.17) is 5.11 Å². The highest BCUT2D eigenvalue weighted by molar-refractivity contribution is 5.78. The molecule has 2 heterocycles. The lowest BCUT2D eigenvalue weighted by molar-refractivity contribution is -0.122. The number of carbonyl (C=O) groups excluding carboxylic acids is 1. The zero-order valence-electron chi connectivity index (χ0n) is 20.2. The molecule has 0 aliphatic carbocycles. The van der Waals surface area contributed by atoms with Gasteiger partial charge in [0.2, 0.25) is 5.91 Å². The third kappa shape index (κ3) is 7.79. The Balaban J connectivity index is 0.00000140. The molecule has 1 saturated heterocycles. The third-order valence-corrected chi connectivity index (χ3v) is 6.22. The molecule has 4 rings (SSSR count). The smallest absolute Gasteiger partial charge is 0.221 e. The van der Waals surface area contributed by atoms with Crippen molar-refractivity contribution in [1.82, 2.24) is 10.3 Å². The second kappa shape index (κ2) is 14.1. The summed E-state index contributed by atoms with van der Waals surface area (Å²) in [6.07, 6.45) is 4.20. The molecular weight excluding hydrogens is 434 g/mol. The summed E-state index contributed by atoms with van der Waals surface area (Å²) in [6.45, 7) is 7.75. The molecule has 3 aromatic rings. The average Bonchev–Trinajstić information content (AvgIpc) is 2.90. The Morgan fingerprint density at radius 3 is 2.00 bits per heavy atom. The van der Waals surface area contributed by atoms with E-state index in [9.17, 15) is 4.79 Å². The van der Waals surface area contributed by atoms with E-state index in [1.165, 1.54) is 11.1 Å². The molecule has 5 heteroatoms. The van der Waals surface area contributed by atoms with Crippen LogP contribution in [0.4, 0.5) is 5.82 Å². The number of hydrogen-bond acceptors (Lipinski definition) is 4. The van der Waals surface area contributed by atoms with Crippen LogP contribution in [0.1, 0.15) is 56.2 Å². The second-order valence-electron chi connectivity index (χ2n) is 8.59. The maximum atomic E-state index is 13.0. The van der Waals surface area contributed by atoms with E-state index in [0.29, 0.717) is 6.42 Å². The fourth-order valence-corrected chi connectivity index (χ4v) is 4.35. The number of aromatic nitrogens is 1. The van der Waals surface area contributed by atoms with Crippen molar-refractivity contribution in [3.63, 3.8) is 0 Å². The van der Waals surface area contributed by atoms with Gasteiger partial charge in [0.25, 0.3) is 0 Å². The van der Waals surface area contributed by atoms with E-state index in [1.54, 1.807) is 0 Å². The van der Waals surface area contributed by atoms with Crippen molar-refractivity contribution in [3.8, 4) is 0 Å². The standard InChI is InChI=1S/C28H31N3O.CH4O.CH4/c1-21(2)24-13-14-27(29-20-24)31-17-15-25(16-18-31)30-28(32)19-26(22-9-5-3-6-10-22)23-11-7-4-8-12-23;1-2;/h3-14,20,25-26H,1,15-19H2,2H3,(H,30,32);2H,1H3;1H4. The minimum absolute atomic E-state index is 0. The zero-order chi connectivity index (χ0) is 24.3. The monoisotopic (exact) mass is 473 g/mol. The molecule has 0 unspecified atom stereocenters. The first kappa shape index (κ1) is 27.8. The molecule has 1 amide bonds. The summed E-state index contributed by atoms with van der Waals surface area (Å²) in [5.41, 5.74) is 4.44. The maximum Gasteiger partial charge on any atom is 0.221 e. The van der Waals surface area contributed by atoms with Gasteiger partial charge >= 0.3 is 0 Å². The van der Waals surface area contributed by atoms with Crippen molar-refractivity contribution < 1.29 is 9.90 Å². The van der Waals surface area contributed by atoms with Gasteiger partial charge in [-0.05, 0) is 54.2 Å². The second-order valence-corrected chi connectivity index (χ2v) is 8.59. The quantitative estimate of drug-likeness (QED) is 0.464. The minimum atomic E-state index is 0. The number of benzene rings is 2. The van der Waals surface area contributed by atoms with Crippen molar-refractivity contribution in [1.29, 1.82) is 0 Å². The summed E-state index contributed by atoms with van der Waals surface area (Å²) in [5, 5.41) is 10.3. The van der Waals surface area contributed by atoms with Crippen LogP contribution in [0, 0.1) is 0 Å². The van der Waals surface area contributed by atoms with Gasteiger partial charge in [-0.15, -0.1) is 0 Å². The molecule has 1 fully saturated rings. The number of pyridine rings is 1. The zero-order valence-corrected chi connectivity index (χ0v) is 20.2. The average molecular weight is 474 g/mol. The summed E-state index contributed by atoms with van der Waals surface area (Å²) < 4.78 is 0. The van der Waals surface area contributed by atoms with Gasteiger partial charge < -0.3 is 15.3 Å². The van der Waals surface area contributed by atoms with Gasteiger partial charge in [0.05, 0.1) is 0 Å². The Labute approximate surface area is 210 Å². The highest BCUT2D eigenvalue weighted by Gasteiger charge is 2.24. The molecule has 5 nitrogen and oxygen atoms in total. The number of piperidine rings is 1. The number of hydrogen-bond donors (Lipinski definition) is 2. The number of rotatable bonds is 7. The Hall–Kier alpha value is -3.44. The van der Waals surface area contributed by atoms with E-state index in [2.05, 4.69) is 58.2 Å². The number of amides is 1. The minimum Gasteiger partial charge on any atom is -0.400 e. The number of carbonyl (C=O) groups is 1. The molecule has 35 heavy (non-hydrogen) atoms. The van der Waals surface area contributed by atoms with Crippen LogP contribution < -0.4 is 10.2 Å². The number of allylic oxidation sites excluding steroid dienone is 1. The van der Waals surface area contributed by atoms with Gasteiger partial charge in [0, 0.05) is 44.8 Å². The van der Waals surface area contributed by atoms with E-state index >= 15 is 0 Å². The Morgan fingerprint density at radius 1 is 1.00 bits per heavy atom. The molecule has 0 spiro atoms. The summed E-state index contributed by atoms with van der Waals surface area (Å²) >= 11 is 0. The molecule has 2 aromatic carbocycles. The molecule has 1 aliphatic heterocycles. The Kier molecular flexibility index (Phi) is 11.2. The largest absolute Gasteiger partial charge is 0.400 e. The van der Waals surface area contributed by atoms with Gasteiger partial charge in [-0.1, -0.05) is 74.7 Å². The lowest BCUT2D eigenvalue weighted by atomic mass is 9.88. The van der Waals surface area contributed by atoms with Crippen LogP contribution in [0.15, 0.2) is 85.6 Å². The predicted octanol–water partition coefficient (Wildman–Crippen LogP) is 5.67. The van der Waals surface area contributed by atoms with E-state index in [-0.39, 0.29) is 25.3 Å². The summed E-state index contributed by atoms with van der Waals surface area (Å²) in [4.78, 5) is 19.9. The highest BCUT2D eigenvalue weighted by Crippen LogP contribution is 2.28. The summed E-state index contributed by atoms with van der Waals surface area (Å²) in [7, 11) is 1.00. The molecule has 0 atom stereocenters. The third-order valence-electron chi connectivity index (χ3n) is 6.22. The van der Waals surface area contributed by atoms with Crippen LogP contribution in [-0.4, -0.2) is 42.2 Å². The fourth-order valence-electron chi connectivity index (χ4n) is 4.35. The van der Waals surface area contributed by atoms with E-state index in [0.717, 1.165) is 50.0 Å². The number of aliphatic hydroxyl groups excluding tert-OH is 1. The normalized spacial score (nSPS) is 13.3. The molecule has 0 radical (unpaired) electrons. The number of aliphatic hydroxyl groups is 1. The van der Waals surface area contributed by atoms with Crippen LogP contribution >= 0.6 is 0 Å². The van der Waals surface area contributed by atoms with Crippen molar-refractivity contribution in [2.24, 2.45) is 0 Å². The number of nitrogens with one attached hydrogen (secondary N) is 1. The lowest BCUT2D eigenvalue weighted by Crippen LogP contribution is -2.45.